The summed E-state index contributed by atoms with van der Waals surface area (Å²) in [7, 11) is -3.99. The molecular formula is C17H24F3N3O4S. The average Bonchev–Trinajstić information content (AvgIpc) is 2.61. The van der Waals surface area contributed by atoms with Crippen LogP contribution in [-0.2, 0) is 25.7 Å². The molecule has 1 amide bonds. The standard InChI is InChI=1S/C17H24F3N3O4S/c1-13(16(24)21-6-7-22-8-10-27-11-9-22)23(28(2,25)26)15-5-3-4-14(12-15)17(18,19)20/h3-5,12-13H,6-11H2,1-2H3,(H,21,24)/t13-/m1/s1. The fourth-order valence-electron chi connectivity index (χ4n) is 2.94. The first kappa shape index (κ1) is 22.4. The molecule has 0 spiro atoms. The third-order valence-corrected chi connectivity index (χ3v) is 5.59. The lowest BCUT2D eigenvalue weighted by atomic mass is 10.2. The van der Waals surface area contributed by atoms with Gasteiger partial charge in [-0.25, -0.2) is 8.42 Å². The van der Waals surface area contributed by atoms with E-state index in [2.05, 4.69) is 10.2 Å². The van der Waals surface area contributed by atoms with Crippen LogP contribution in [0.5, 0.6) is 0 Å². The quantitative estimate of drug-likeness (QED) is 0.716. The number of amides is 1. The Labute approximate surface area is 162 Å². The summed E-state index contributed by atoms with van der Waals surface area (Å²) in [6, 6.07) is 2.70. The second kappa shape index (κ2) is 9.10. The van der Waals surface area contributed by atoms with Gasteiger partial charge in [-0.15, -0.1) is 0 Å². The van der Waals surface area contributed by atoms with Gasteiger partial charge in [-0.1, -0.05) is 6.07 Å². The number of hydrogen-bond acceptors (Lipinski definition) is 5. The molecule has 2 rings (SSSR count). The highest BCUT2D eigenvalue weighted by Gasteiger charge is 2.34. The van der Waals surface area contributed by atoms with E-state index in [4.69, 9.17) is 4.74 Å². The van der Waals surface area contributed by atoms with Gasteiger partial charge < -0.3 is 10.1 Å². The molecule has 28 heavy (non-hydrogen) atoms. The van der Waals surface area contributed by atoms with Gasteiger partial charge in [-0.2, -0.15) is 13.2 Å². The molecule has 0 unspecified atom stereocenters. The molecule has 1 fully saturated rings. The summed E-state index contributed by atoms with van der Waals surface area (Å²) in [5, 5.41) is 2.65. The monoisotopic (exact) mass is 423 g/mol. The lowest BCUT2D eigenvalue weighted by Crippen LogP contribution is -2.49. The number of benzene rings is 1. The molecule has 1 aliphatic heterocycles. The molecule has 158 valence electrons. The third-order valence-electron chi connectivity index (χ3n) is 4.35. The van der Waals surface area contributed by atoms with Crippen molar-refractivity contribution in [3.05, 3.63) is 29.8 Å². The molecule has 1 aromatic carbocycles. The SMILES string of the molecule is C[C@H](C(=O)NCCN1CCOCC1)N(c1cccc(C(F)(F)F)c1)S(C)(=O)=O. The largest absolute Gasteiger partial charge is 0.416 e. The van der Waals surface area contributed by atoms with Crippen molar-refractivity contribution in [2.24, 2.45) is 0 Å². The van der Waals surface area contributed by atoms with Crippen molar-refractivity contribution in [2.75, 3.05) is 50.0 Å². The van der Waals surface area contributed by atoms with Crippen LogP contribution in [0.3, 0.4) is 0 Å². The Morgan fingerprint density at radius 1 is 1.32 bits per heavy atom. The van der Waals surface area contributed by atoms with E-state index in [1.165, 1.54) is 13.0 Å². The van der Waals surface area contributed by atoms with E-state index in [0.717, 1.165) is 37.5 Å². The van der Waals surface area contributed by atoms with Gasteiger partial charge in [0.25, 0.3) is 0 Å². The zero-order chi connectivity index (χ0) is 20.9. The Balaban J connectivity index is 2.11. The Kier molecular flexibility index (Phi) is 7.29. The van der Waals surface area contributed by atoms with E-state index in [1.54, 1.807) is 0 Å². The van der Waals surface area contributed by atoms with Gasteiger partial charge in [0, 0.05) is 26.2 Å². The number of carbonyl (C=O) groups is 1. The molecule has 0 saturated carbocycles. The lowest BCUT2D eigenvalue weighted by Gasteiger charge is -2.30. The van der Waals surface area contributed by atoms with Crippen LogP contribution < -0.4 is 9.62 Å². The molecule has 0 aromatic heterocycles. The first-order valence-electron chi connectivity index (χ1n) is 8.74. The maximum atomic E-state index is 13.0. The minimum Gasteiger partial charge on any atom is -0.379 e. The highest BCUT2D eigenvalue weighted by atomic mass is 32.2. The number of nitrogens with zero attached hydrogens (tertiary/aromatic N) is 2. The van der Waals surface area contributed by atoms with Gasteiger partial charge in [-0.05, 0) is 25.1 Å². The maximum Gasteiger partial charge on any atom is 0.416 e. The number of morpholine rings is 1. The molecule has 1 saturated heterocycles. The van der Waals surface area contributed by atoms with E-state index in [1.807, 2.05) is 0 Å². The second-order valence-corrected chi connectivity index (χ2v) is 8.39. The molecule has 1 N–H and O–H groups in total. The van der Waals surface area contributed by atoms with Crippen molar-refractivity contribution < 1.29 is 31.1 Å². The Morgan fingerprint density at radius 3 is 2.54 bits per heavy atom. The summed E-state index contributed by atoms with van der Waals surface area (Å²) in [6.07, 6.45) is -3.77. The summed E-state index contributed by atoms with van der Waals surface area (Å²) in [4.78, 5) is 14.5. The molecule has 1 aliphatic rings. The summed E-state index contributed by atoms with van der Waals surface area (Å²) in [5.74, 6) is -0.587. The third kappa shape index (κ3) is 6.08. The Bertz CT molecular complexity index is 780. The maximum absolute atomic E-state index is 13.0. The van der Waals surface area contributed by atoms with Crippen LogP contribution in [0.4, 0.5) is 18.9 Å². The van der Waals surface area contributed by atoms with Crippen molar-refractivity contribution in [1.82, 2.24) is 10.2 Å². The summed E-state index contributed by atoms with van der Waals surface area (Å²) in [6.45, 7) is 4.92. The van der Waals surface area contributed by atoms with Gasteiger partial charge in [0.05, 0.1) is 30.7 Å². The van der Waals surface area contributed by atoms with Gasteiger partial charge in [0.15, 0.2) is 0 Å². The van der Waals surface area contributed by atoms with Crippen LogP contribution in [0.2, 0.25) is 0 Å². The number of anilines is 1. The molecule has 0 radical (unpaired) electrons. The molecule has 1 atom stereocenters. The smallest absolute Gasteiger partial charge is 0.379 e. The fourth-order valence-corrected chi connectivity index (χ4v) is 4.10. The van der Waals surface area contributed by atoms with Crippen LogP contribution >= 0.6 is 0 Å². The predicted octanol–water partition coefficient (Wildman–Crippen LogP) is 1.31. The highest BCUT2D eigenvalue weighted by Crippen LogP contribution is 2.32. The molecule has 0 aliphatic carbocycles. The topological polar surface area (TPSA) is 79.0 Å². The predicted molar refractivity (Wildman–Crippen MR) is 98.5 cm³/mol. The Hall–Kier alpha value is -1.85. The zero-order valence-corrected chi connectivity index (χ0v) is 16.5. The summed E-state index contributed by atoms with van der Waals surface area (Å²) in [5.41, 5.74) is -1.20. The number of hydrogen-bond donors (Lipinski definition) is 1. The second-order valence-electron chi connectivity index (χ2n) is 6.53. The molecule has 7 nitrogen and oxygen atoms in total. The van der Waals surface area contributed by atoms with E-state index >= 15 is 0 Å². The van der Waals surface area contributed by atoms with Gasteiger partial charge in [0.2, 0.25) is 15.9 Å². The minimum absolute atomic E-state index is 0.215. The van der Waals surface area contributed by atoms with Crippen molar-refractivity contribution in [3.8, 4) is 0 Å². The van der Waals surface area contributed by atoms with Crippen molar-refractivity contribution in [3.63, 3.8) is 0 Å². The van der Waals surface area contributed by atoms with E-state index in [9.17, 15) is 26.4 Å². The summed E-state index contributed by atoms with van der Waals surface area (Å²) < 4.78 is 69.3. The summed E-state index contributed by atoms with van der Waals surface area (Å²) >= 11 is 0. The molecule has 1 aromatic rings. The number of carbonyl (C=O) groups excluding carboxylic acids is 1. The average molecular weight is 423 g/mol. The first-order valence-corrected chi connectivity index (χ1v) is 10.6. The van der Waals surface area contributed by atoms with Crippen molar-refractivity contribution in [1.29, 1.82) is 0 Å². The normalized spacial score (nSPS) is 17.2. The van der Waals surface area contributed by atoms with Crippen LogP contribution in [0.1, 0.15) is 12.5 Å². The number of sulfonamides is 1. The van der Waals surface area contributed by atoms with Crippen LogP contribution in [-0.4, -0.2) is 70.9 Å². The fraction of sp³-hybridized carbons (Fsp3) is 0.588. The van der Waals surface area contributed by atoms with Crippen molar-refractivity contribution >= 4 is 21.6 Å². The Morgan fingerprint density at radius 2 is 1.96 bits per heavy atom. The van der Waals surface area contributed by atoms with E-state index < -0.39 is 33.7 Å². The number of halogens is 3. The number of alkyl halides is 3. The van der Waals surface area contributed by atoms with E-state index in [-0.39, 0.29) is 5.69 Å². The lowest BCUT2D eigenvalue weighted by molar-refractivity contribution is -0.137. The first-order chi connectivity index (χ1) is 13.0. The number of ether oxygens (including phenoxy) is 1. The molecule has 1 heterocycles. The van der Waals surface area contributed by atoms with Crippen LogP contribution in [0.15, 0.2) is 24.3 Å². The highest BCUT2D eigenvalue weighted by molar-refractivity contribution is 7.92. The van der Waals surface area contributed by atoms with Crippen molar-refractivity contribution in [2.45, 2.75) is 19.1 Å². The van der Waals surface area contributed by atoms with E-state index in [0.29, 0.717) is 30.6 Å². The van der Waals surface area contributed by atoms with Gasteiger partial charge >= 0.3 is 6.18 Å². The zero-order valence-electron chi connectivity index (χ0n) is 15.7. The van der Waals surface area contributed by atoms with Crippen LogP contribution in [0.25, 0.3) is 0 Å². The molecular weight excluding hydrogens is 399 g/mol. The molecule has 0 bridgehead atoms. The number of rotatable bonds is 7. The van der Waals surface area contributed by atoms with Crippen LogP contribution in [0, 0.1) is 0 Å². The minimum atomic E-state index is -4.62. The number of nitrogens with one attached hydrogen (secondary N) is 1. The van der Waals surface area contributed by atoms with Gasteiger partial charge in [-0.3, -0.25) is 14.0 Å². The van der Waals surface area contributed by atoms with Gasteiger partial charge in [0.1, 0.15) is 6.04 Å². The molecule has 11 heteroatoms.